The van der Waals surface area contributed by atoms with Crippen molar-refractivity contribution in [3.05, 3.63) is 205 Å². The lowest BCUT2D eigenvalue weighted by Crippen LogP contribution is -2.14. The van der Waals surface area contributed by atoms with Gasteiger partial charge in [0.15, 0.2) is 0 Å². The molecule has 0 saturated carbocycles. The Bertz CT molecular complexity index is 3740. The van der Waals surface area contributed by atoms with Gasteiger partial charge in [0.1, 0.15) is 0 Å². The Labute approximate surface area is 351 Å². The maximum absolute atomic E-state index is 2.51. The lowest BCUT2D eigenvalue weighted by molar-refractivity contribution is 0.660. The van der Waals surface area contributed by atoms with E-state index in [-0.39, 0.29) is 5.41 Å². The first-order valence-corrected chi connectivity index (χ1v) is 21.7. The molecule has 282 valence electrons. The highest BCUT2D eigenvalue weighted by Crippen LogP contribution is 2.51. The third kappa shape index (κ3) is 4.70. The van der Waals surface area contributed by atoms with Crippen molar-refractivity contribution >= 4 is 75.1 Å². The fraction of sp³-hybridized carbons (Fsp3) is 0.0526. The zero-order valence-corrected chi connectivity index (χ0v) is 34.1. The minimum Gasteiger partial charge on any atom is -0.309 e. The van der Waals surface area contributed by atoms with Crippen LogP contribution in [0.1, 0.15) is 25.0 Å². The molecule has 3 heteroatoms. The van der Waals surface area contributed by atoms with Gasteiger partial charge in [-0.2, -0.15) is 0 Å². The van der Waals surface area contributed by atoms with Crippen LogP contribution in [0, 0.1) is 0 Å². The summed E-state index contributed by atoms with van der Waals surface area (Å²) in [6, 6.07) is 72.4. The highest BCUT2D eigenvalue weighted by atomic mass is 32.1. The number of hydrogen-bond acceptors (Lipinski definition) is 1. The molecular formula is C57H38N2S. The molecule has 12 aromatic rings. The van der Waals surface area contributed by atoms with Crippen LogP contribution < -0.4 is 0 Å². The summed E-state index contributed by atoms with van der Waals surface area (Å²) in [6.07, 6.45) is 0. The minimum absolute atomic E-state index is 0.0818. The second kappa shape index (κ2) is 12.4. The van der Waals surface area contributed by atoms with Crippen molar-refractivity contribution in [2.75, 3.05) is 0 Å². The molecule has 0 spiro atoms. The molecule has 1 aliphatic rings. The van der Waals surface area contributed by atoms with E-state index in [9.17, 15) is 0 Å². The second-order valence-corrected chi connectivity index (χ2v) is 18.0. The van der Waals surface area contributed by atoms with Gasteiger partial charge in [0.05, 0.1) is 22.1 Å². The van der Waals surface area contributed by atoms with Gasteiger partial charge in [0, 0.05) is 64.1 Å². The van der Waals surface area contributed by atoms with E-state index < -0.39 is 0 Å². The number of hydrogen-bond donors (Lipinski definition) is 0. The number of nitrogens with zero attached hydrogens (tertiary/aromatic N) is 2. The Balaban J connectivity index is 1.04. The van der Waals surface area contributed by atoms with Gasteiger partial charge in [0.25, 0.3) is 0 Å². The van der Waals surface area contributed by atoms with Crippen LogP contribution >= 0.6 is 11.3 Å². The maximum atomic E-state index is 2.51. The quantitative estimate of drug-likeness (QED) is 0.168. The number of fused-ring (bicyclic) bond motifs is 12. The summed E-state index contributed by atoms with van der Waals surface area (Å²) in [5.74, 6) is 0. The van der Waals surface area contributed by atoms with Crippen molar-refractivity contribution in [3.63, 3.8) is 0 Å². The van der Waals surface area contributed by atoms with E-state index in [0.717, 1.165) is 0 Å². The fourth-order valence-electron chi connectivity index (χ4n) is 10.5. The van der Waals surface area contributed by atoms with Gasteiger partial charge in [-0.1, -0.05) is 141 Å². The van der Waals surface area contributed by atoms with E-state index in [1.165, 1.54) is 120 Å². The molecule has 0 saturated heterocycles. The molecule has 60 heavy (non-hydrogen) atoms. The monoisotopic (exact) mass is 782 g/mol. The summed E-state index contributed by atoms with van der Waals surface area (Å²) in [5.41, 5.74) is 17.6. The molecule has 1 aliphatic carbocycles. The number of aromatic nitrogens is 2. The Hall–Kier alpha value is -7.20. The Morgan fingerprint density at radius 3 is 1.78 bits per heavy atom. The Morgan fingerprint density at radius 2 is 0.950 bits per heavy atom. The Morgan fingerprint density at radius 1 is 0.350 bits per heavy atom. The van der Waals surface area contributed by atoms with Crippen LogP contribution in [-0.4, -0.2) is 9.13 Å². The molecule has 0 amide bonds. The molecule has 13 rings (SSSR count). The summed E-state index contributed by atoms with van der Waals surface area (Å²) in [7, 11) is 0. The SMILES string of the molecule is CC1(C)c2ccccc2-c2ccc(-c3cc(-n4c5ccccc5c5ccc(-c6ccc7c(c6)c6ccccc6n7-c6ccccc6)cc54)cc4c3sc3ccccc34)cc21. The molecule has 0 aliphatic heterocycles. The first-order chi connectivity index (χ1) is 29.5. The third-order valence-electron chi connectivity index (χ3n) is 13.3. The van der Waals surface area contributed by atoms with Crippen LogP contribution in [0.3, 0.4) is 0 Å². The zero-order valence-electron chi connectivity index (χ0n) is 33.3. The second-order valence-electron chi connectivity index (χ2n) is 16.9. The zero-order chi connectivity index (χ0) is 39.7. The average Bonchev–Trinajstić information content (AvgIpc) is 4.01. The molecule has 0 N–H and O–H groups in total. The van der Waals surface area contributed by atoms with E-state index in [2.05, 4.69) is 217 Å². The molecular weight excluding hydrogens is 745 g/mol. The number of para-hydroxylation sites is 3. The van der Waals surface area contributed by atoms with Crippen LogP contribution in [-0.2, 0) is 5.41 Å². The van der Waals surface area contributed by atoms with Gasteiger partial charge >= 0.3 is 0 Å². The number of benzene rings is 9. The molecule has 0 atom stereocenters. The van der Waals surface area contributed by atoms with Crippen LogP contribution in [0.25, 0.3) is 109 Å². The van der Waals surface area contributed by atoms with Crippen molar-refractivity contribution in [1.82, 2.24) is 9.13 Å². The van der Waals surface area contributed by atoms with Crippen molar-refractivity contribution < 1.29 is 0 Å². The van der Waals surface area contributed by atoms with Crippen LogP contribution in [0.5, 0.6) is 0 Å². The average molecular weight is 783 g/mol. The minimum atomic E-state index is -0.0818. The van der Waals surface area contributed by atoms with Gasteiger partial charge in [-0.05, 0) is 106 Å². The van der Waals surface area contributed by atoms with E-state index in [1.54, 1.807) is 0 Å². The van der Waals surface area contributed by atoms with Crippen molar-refractivity contribution in [1.29, 1.82) is 0 Å². The summed E-state index contributed by atoms with van der Waals surface area (Å²) in [6.45, 7) is 4.75. The molecule has 0 fully saturated rings. The van der Waals surface area contributed by atoms with Gasteiger partial charge < -0.3 is 9.13 Å². The first kappa shape index (κ1) is 33.7. The standard InChI is InChI=1S/C57H38N2S/c1-57(2)49-20-10-6-16-40(49)41-27-25-37(31-50(41)57)46-33-39(34-48-45-19-9-13-23-55(45)60-56(46)48)59-51-21-11-7-17-42(51)44-28-24-36(32-54(44)59)35-26-29-53-47(30-35)43-18-8-12-22-52(43)58(53)38-14-4-3-5-15-38/h3-34H,1-2H3. The van der Waals surface area contributed by atoms with Crippen LogP contribution in [0.4, 0.5) is 0 Å². The first-order valence-electron chi connectivity index (χ1n) is 20.8. The largest absolute Gasteiger partial charge is 0.309 e. The predicted molar refractivity (Wildman–Crippen MR) is 256 cm³/mol. The van der Waals surface area contributed by atoms with Gasteiger partial charge in [-0.25, -0.2) is 0 Å². The number of rotatable bonds is 4. The molecule has 0 unspecified atom stereocenters. The predicted octanol–water partition coefficient (Wildman–Crippen LogP) is 15.9. The molecule has 3 aromatic heterocycles. The normalized spacial score (nSPS) is 13.3. The van der Waals surface area contributed by atoms with Gasteiger partial charge in [-0.15, -0.1) is 11.3 Å². The van der Waals surface area contributed by atoms with Gasteiger partial charge in [-0.3, -0.25) is 0 Å². The van der Waals surface area contributed by atoms with Crippen LogP contribution in [0.2, 0.25) is 0 Å². The maximum Gasteiger partial charge on any atom is 0.0547 e. The summed E-state index contributed by atoms with van der Waals surface area (Å²) in [4.78, 5) is 0. The molecule has 3 heterocycles. The molecule has 0 radical (unpaired) electrons. The topological polar surface area (TPSA) is 9.86 Å². The summed E-state index contributed by atoms with van der Waals surface area (Å²) >= 11 is 1.91. The van der Waals surface area contributed by atoms with Crippen LogP contribution in [0.15, 0.2) is 194 Å². The molecule has 2 nitrogen and oxygen atoms in total. The smallest absolute Gasteiger partial charge is 0.0547 e. The van der Waals surface area contributed by atoms with E-state index >= 15 is 0 Å². The lowest BCUT2D eigenvalue weighted by Gasteiger charge is -2.22. The highest BCUT2D eigenvalue weighted by molar-refractivity contribution is 7.26. The van der Waals surface area contributed by atoms with E-state index in [4.69, 9.17) is 0 Å². The van der Waals surface area contributed by atoms with E-state index in [1.807, 2.05) is 11.3 Å². The summed E-state index contributed by atoms with van der Waals surface area (Å²) in [5, 5.41) is 7.63. The molecule has 0 bridgehead atoms. The van der Waals surface area contributed by atoms with Gasteiger partial charge in [0.2, 0.25) is 0 Å². The number of thiophene rings is 1. The Kier molecular flexibility index (Phi) is 6.98. The third-order valence-corrected chi connectivity index (χ3v) is 14.5. The fourth-order valence-corrected chi connectivity index (χ4v) is 11.7. The highest BCUT2D eigenvalue weighted by Gasteiger charge is 2.35. The molecule has 9 aromatic carbocycles. The van der Waals surface area contributed by atoms with Crippen molar-refractivity contribution in [2.24, 2.45) is 0 Å². The lowest BCUT2D eigenvalue weighted by atomic mass is 9.81. The summed E-state index contributed by atoms with van der Waals surface area (Å²) < 4.78 is 7.54. The van der Waals surface area contributed by atoms with E-state index in [0.29, 0.717) is 0 Å². The van der Waals surface area contributed by atoms with Crippen molar-refractivity contribution in [3.8, 4) is 44.8 Å². The van der Waals surface area contributed by atoms with Crippen molar-refractivity contribution in [2.45, 2.75) is 19.3 Å².